The van der Waals surface area contributed by atoms with E-state index in [1.165, 1.54) is 64.2 Å². The van der Waals surface area contributed by atoms with Crippen LogP contribution in [-0.4, -0.2) is 23.8 Å². The van der Waals surface area contributed by atoms with Crippen LogP contribution in [0.5, 0.6) is 0 Å². The van der Waals surface area contributed by atoms with Gasteiger partial charge >= 0.3 is 0 Å². The molecule has 2 rings (SSSR count). The van der Waals surface area contributed by atoms with E-state index in [1.54, 1.807) is 0 Å². The second-order valence-electron chi connectivity index (χ2n) is 6.95. The smallest absolute Gasteiger partial charge is 0.0667 e. The fourth-order valence-corrected chi connectivity index (χ4v) is 4.08. The lowest BCUT2D eigenvalue weighted by Gasteiger charge is -2.30. The van der Waals surface area contributed by atoms with Crippen molar-refractivity contribution in [2.45, 2.75) is 89.7 Å². The van der Waals surface area contributed by atoms with Gasteiger partial charge in [0.15, 0.2) is 0 Å². The van der Waals surface area contributed by atoms with Crippen molar-refractivity contribution in [3.8, 4) is 0 Å². The van der Waals surface area contributed by atoms with E-state index in [1.807, 2.05) is 0 Å². The first-order chi connectivity index (χ1) is 9.28. The van der Waals surface area contributed by atoms with Crippen LogP contribution in [0.3, 0.4) is 0 Å². The second-order valence-corrected chi connectivity index (χ2v) is 6.95. The lowest BCUT2D eigenvalue weighted by molar-refractivity contribution is 0.132. The average Bonchev–Trinajstić information content (AvgIpc) is 2.91. The van der Waals surface area contributed by atoms with Gasteiger partial charge < -0.3 is 10.4 Å². The van der Waals surface area contributed by atoms with Crippen molar-refractivity contribution >= 4 is 0 Å². The van der Waals surface area contributed by atoms with Crippen LogP contribution in [-0.2, 0) is 0 Å². The van der Waals surface area contributed by atoms with Crippen molar-refractivity contribution < 1.29 is 5.11 Å². The number of hydrogen-bond donors (Lipinski definition) is 2. The minimum absolute atomic E-state index is 0.114. The second kappa shape index (κ2) is 8.26. The fourth-order valence-electron chi connectivity index (χ4n) is 4.08. The van der Waals surface area contributed by atoms with Crippen LogP contribution in [0.15, 0.2) is 0 Å². The van der Waals surface area contributed by atoms with E-state index >= 15 is 0 Å². The average molecular weight is 267 g/mol. The van der Waals surface area contributed by atoms with Gasteiger partial charge in [-0.1, -0.05) is 45.4 Å². The van der Waals surface area contributed by atoms with Crippen molar-refractivity contribution in [2.75, 3.05) is 6.54 Å². The molecule has 2 fully saturated rings. The zero-order chi connectivity index (χ0) is 13.5. The zero-order valence-corrected chi connectivity index (χ0v) is 12.7. The topological polar surface area (TPSA) is 32.3 Å². The number of rotatable bonds is 7. The van der Waals surface area contributed by atoms with Crippen molar-refractivity contribution in [3.05, 3.63) is 0 Å². The third-order valence-electron chi connectivity index (χ3n) is 5.27. The van der Waals surface area contributed by atoms with Crippen LogP contribution < -0.4 is 5.32 Å². The molecule has 1 unspecified atom stereocenters. The number of aliphatic hydroxyl groups excluding tert-OH is 1. The minimum atomic E-state index is -0.114. The summed E-state index contributed by atoms with van der Waals surface area (Å²) in [7, 11) is 0. The lowest BCUT2D eigenvalue weighted by atomic mass is 9.83. The first-order valence-electron chi connectivity index (χ1n) is 8.69. The predicted molar refractivity (Wildman–Crippen MR) is 81.2 cm³/mol. The molecule has 2 heteroatoms. The molecule has 0 heterocycles. The van der Waals surface area contributed by atoms with Crippen molar-refractivity contribution in [1.82, 2.24) is 5.32 Å². The first kappa shape index (κ1) is 15.3. The van der Waals surface area contributed by atoms with E-state index < -0.39 is 0 Å². The highest BCUT2D eigenvalue weighted by molar-refractivity contribution is 4.79. The summed E-state index contributed by atoms with van der Waals surface area (Å²) in [6.45, 7) is 3.11. The molecule has 0 aromatic carbocycles. The van der Waals surface area contributed by atoms with Gasteiger partial charge in [0.05, 0.1) is 6.10 Å². The summed E-state index contributed by atoms with van der Waals surface area (Å²) >= 11 is 0. The van der Waals surface area contributed by atoms with Gasteiger partial charge in [0.2, 0.25) is 0 Å². The zero-order valence-electron chi connectivity index (χ0n) is 12.7. The lowest BCUT2D eigenvalue weighted by Crippen LogP contribution is -2.38. The molecule has 2 nitrogen and oxygen atoms in total. The fraction of sp³-hybridized carbons (Fsp3) is 1.00. The van der Waals surface area contributed by atoms with E-state index in [9.17, 15) is 5.11 Å². The van der Waals surface area contributed by atoms with Crippen LogP contribution in [0, 0.1) is 11.8 Å². The SMILES string of the molecule is CCCC1CCC(NCC(O)CC2CCCC2)CC1. The van der Waals surface area contributed by atoms with Crippen LogP contribution in [0.4, 0.5) is 0 Å². The van der Waals surface area contributed by atoms with Crippen LogP contribution in [0.2, 0.25) is 0 Å². The number of hydrogen-bond acceptors (Lipinski definition) is 2. The molecule has 2 aliphatic rings. The van der Waals surface area contributed by atoms with Gasteiger partial charge in [-0.15, -0.1) is 0 Å². The molecule has 0 aliphatic heterocycles. The monoisotopic (exact) mass is 267 g/mol. The third-order valence-corrected chi connectivity index (χ3v) is 5.27. The molecule has 0 aromatic rings. The summed E-state index contributed by atoms with van der Waals surface area (Å²) in [6, 6.07) is 0.673. The molecule has 0 amide bonds. The van der Waals surface area contributed by atoms with Crippen molar-refractivity contribution in [2.24, 2.45) is 11.8 Å². The van der Waals surface area contributed by atoms with E-state index in [0.717, 1.165) is 24.8 Å². The summed E-state index contributed by atoms with van der Waals surface area (Å²) in [6.07, 6.45) is 14.5. The standard InChI is InChI=1S/C17H33NO/c1-2-5-14-8-10-16(11-9-14)18-13-17(19)12-15-6-3-4-7-15/h14-19H,2-13H2,1H3. The first-order valence-corrected chi connectivity index (χ1v) is 8.69. The Kier molecular flexibility index (Phi) is 6.66. The van der Waals surface area contributed by atoms with Crippen molar-refractivity contribution in [1.29, 1.82) is 0 Å². The maximum Gasteiger partial charge on any atom is 0.0667 e. The minimum Gasteiger partial charge on any atom is -0.392 e. The number of nitrogens with one attached hydrogen (secondary N) is 1. The van der Waals surface area contributed by atoms with E-state index in [0.29, 0.717) is 6.04 Å². The Morgan fingerprint density at radius 3 is 2.32 bits per heavy atom. The van der Waals surface area contributed by atoms with E-state index in [-0.39, 0.29) is 6.10 Å². The Morgan fingerprint density at radius 1 is 1.00 bits per heavy atom. The Morgan fingerprint density at radius 2 is 1.68 bits per heavy atom. The maximum absolute atomic E-state index is 10.1. The highest BCUT2D eigenvalue weighted by atomic mass is 16.3. The molecule has 2 aliphatic carbocycles. The maximum atomic E-state index is 10.1. The van der Waals surface area contributed by atoms with Gasteiger partial charge in [-0.25, -0.2) is 0 Å². The van der Waals surface area contributed by atoms with Gasteiger partial charge in [-0.3, -0.25) is 0 Å². The van der Waals surface area contributed by atoms with Gasteiger partial charge in [-0.05, 0) is 43.9 Å². The van der Waals surface area contributed by atoms with E-state index in [4.69, 9.17) is 0 Å². The van der Waals surface area contributed by atoms with E-state index in [2.05, 4.69) is 12.2 Å². The largest absolute Gasteiger partial charge is 0.392 e. The molecule has 0 spiro atoms. The van der Waals surface area contributed by atoms with Gasteiger partial charge in [0.25, 0.3) is 0 Å². The molecule has 0 saturated heterocycles. The molecule has 1 atom stereocenters. The Balaban J connectivity index is 1.55. The predicted octanol–water partition coefficient (Wildman–Crippen LogP) is 3.88. The Labute approximate surface area is 119 Å². The quantitative estimate of drug-likeness (QED) is 0.734. The molecule has 0 bridgehead atoms. The van der Waals surface area contributed by atoms with Gasteiger partial charge in [0, 0.05) is 12.6 Å². The highest BCUT2D eigenvalue weighted by Gasteiger charge is 2.22. The summed E-state index contributed by atoms with van der Waals surface area (Å²) in [5.41, 5.74) is 0. The molecule has 0 radical (unpaired) electrons. The normalized spacial score (nSPS) is 30.6. The molecule has 19 heavy (non-hydrogen) atoms. The van der Waals surface area contributed by atoms with Crippen LogP contribution in [0.25, 0.3) is 0 Å². The Hall–Kier alpha value is -0.0800. The van der Waals surface area contributed by atoms with Crippen LogP contribution >= 0.6 is 0 Å². The molecular formula is C17H33NO. The van der Waals surface area contributed by atoms with Gasteiger partial charge in [-0.2, -0.15) is 0 Å². The summed E-state index contributed by atoms with van der Waals surface area (Å²) in [5, 5.41) is 13.7. The third kappa shape index (κ3) is 5.43. The summed E-state index contributed by atoms with van der Waals surface area (Å²) in [5.74, 6) is 1.78. The Bertz CT molecular complexity index is 229. The highest BCUT2D eigenvalue weighted by Crippen LogP contribution is 2.29. The van der Waals surface area contributed by atoms with Gasteiger partial charge in [0.1, 0.15) is 0 Å². The molecule has 2 N–H and O–H groups in total. The van der Waals surface area contributed by atoms with Crippen molar-refractivity contribution in [3.63, 3.8) is 0 Å². The number of aliphatic hydroxyl groups is 1. The summed E-state index contributed by atoms with van der Waals surface area (Å²) < 4.78 is 0. The molecular weight excluding hydrogens is 234 g/mol. The van der Waals surface area contributed by atoms with Crippen LogP contribution in [0.1, 0.15) is 77.6 Å². The molecule has 0 aromatic heterocycles. The molecule has 2 saturated carbocycles. The summed E-state index contributed by atoms with van der Waals surface area (Å²) in [4.78, 5) is 0. The molecule has 112 valence electrons.